The van der Waals surface area contributed by atoms with Gasteiger partial charge in [-0.15, -0.1) is 0 Å². The Morgan fingerprint density at radius 2 is 2.05 bits per heavy atom. The molecule has 1 amide bonds. The lowest BCUT2D eigenvalue weighted by atomic mass is 10.0. The van der Waals surface area contributed by atoms with Crippen molar-refractivity contribution in [3.8, 4) is 0 Å². The Labute approximate surface area is 122 Å². The fourth-order valence-corrected chi connectivity index (χ4v) is 2.69. The van der Waals surface area contributed by atoms with E-state index in [1.165, 1.54) is 36.8 Å². The second-order valence-electron chi connectivity index (χ2n) is 5.81. The normalized spacial score (nSPS) is 14.9. The van der Waals surface area contributed by atoms with Crippen LogP contribution in [0.3, 0.4) is 0 Å². The summed E-state index contributed by atoms with van der Waals surface area (Å²) in [7, 11) is 0. The van der Waals surface area contributed by atoms with Crippen molar-refractivity contribution in [2.75, 3.05) is 0 Å². The number of carbonyl (C=O) groups excluding carboxylic acids is 1. The number of rotatable bonds is 7. The van der Waals surface area contributed by atoms with E-state index in [4.69, 9.17) is 0 Å². The molecule has 2 N–H and O–H groups in total. The number of fused-ring (bicyclic) bond motifs is 1. The first-order chi connectivity index (χ1) is 9.70. The minimum atomic E-state index is 0.0580. The SMILES string of the molecule is CCCCCCC(C)NC(=O)c1ccc2c(c1)CNC2. The van der Waals surface area contributed by atoms with E-state index >= 15 is 0 Å². The van der Waals surface area contributed by atoms with Crippen LogP contribution in [0, 0.1) is 0 Å². The van der Waals surface area contributed by atoms with Gasteiger partial charge in [-0.1, -0.05) is 38.7 Å². The molecule has 0 spiro atoms. The number of unbranched alkanes of at least 4 members (excludes halogenated alkanes) is 3. The van der Waals surface area contributed by atoms with E-state index in [0.717, 1.165) is 25.1 Å². The molecular formula is C17H26N2O. The van der Waals surface area contributed by atoms with E-state index in [2.05, 4.69) is 30.5 Å². The summed E-state index contributed by atoms with van der Waals surface area (Å²) in [5, 5.41) is 6.41. The van der Waals surface area contributed by atoms with Crippen molar-refractivity contribution in [1.82, 2.24) is 10.6 Å². The Morgan fingerprint density at radius 1 is 1.25 bits per heavy atom. The second kappa shape index (κ2) is 7.44. The van der Waals surface area contributed by atoms with Crippen molar-refractivity contribution in [3.63, 3.8) is 0 Å². The molecule has 0 aromatic heterocycles. The van der Waals surface area contributed by atoms with Gasteiger partial charge in [0.25, 0.3) is 5.91 Å². The van der Waals surface area contributed by atoms with Crippen LogP contribution >= 0.6 is 0 Å². The monoisotopic (exact) mass is 274 g/mol. The van der Waals surface area contributed by atoms with Gasteiger partial charge in [0.15, 0.2) is 0 Å². The molecule has 1 unspecified atom stereocenters. The third-order valence-electron chi connectivity index (χ3n) is 3.97. The molecule has 1 aromatic rings. The standard InChI is InChI=1S/C17H26N2O/c1-3-4-5-6-7-13(2)19-17(20)14-8-9-15-11-18-12-16(15)10-14/h8-10,13,18H,3-7,11-12H2,1-2H3,(H,19,20). The lowest BCUT2D eigenvalue weighted by molar-refractivity contribution is 0.0938. The molecule has 110 valence electrons. The van der Waals surface area contributed by atoms with Crippen LogP contribution in [0.2, 0.25) is 0 Å². The molecule has 0 aliphatic carbocycles. The second-order valence-corrected chi connectivity index (χ2v) is 5.81. The van der Waals surface area contributed by atoms with E-state index < -0.39 is 0 Å². The molecule has 3 nitrogen and oxygen atoms in total. The Bertz CT molecular complexity index is 456. The summed E-state index contributed by atoms with van der Waals surface area (Å²) in [4.78, 5) is 12.2. The fraction of sp³-hybridized carbons (Fsp3) is 0.588. The van der Waals surface area contributed by atoms with Gasteiger partial charge in [-0.05, 0) is 36.6 Å². The van der Waals surface area contributed by atoms with E-state index in [1.54, 1.807) is 0 Å². The van der Waals surface area contributed by atoms with Crippen molar-refractivity contribution >= 4 is 5.91 Å². The van der Waals surface area contributed by atoms with E-state index in [9.17, 15) is 4.79 Å². The molecule has 20 heavy (non-hydrogen) atoms. The predicted octanol–water partition coefficient (Wildman–Crippen LogP) is 3.38. The van der Waals surface area contributed by atoms with Crippen LogP contribution in [-0.2, 0) is 13.1 Å². The van der Waals surface area contributed by atoms with E-state index in [-0.39, 0.29) is 11.9 Å². The van der Waals surface area contributed by atoms with Gasteiger partial charge in [0.05, 0.1) is 0 Å². The summed E-state index contributed by atoms with van der Waals surface area (Å²) in [6.45, 7) is 6.11. The number of carbonyl (C=O) groups is 1. The van der Waals surface area contributed by atoms with Gasteiger partial charge >= 0.3 is 0 Å². The molecule has 1 heterocycles. The Morgan fingerprint density at radius 3 is 2.85 bits per heavy atom. The summed E-state index contributed by atoms with van der Waals surface area (Å²) in [5.74, 6) is 0.0580. The molecule has 0 fully saturated rings. The number of amides is 1. The molecule has 0 radical (unpaired) electrons. The molecule has 2 rings (SSSR count). The average molecular weight is 274 g/mol. The highest BCUT2D eigenvalue weighted by molar-refractivity contribution is 5.94. The first-order valence-corrected chi connectivity index (χ1v) is 7.84. The molecule has 1 aliphatic rings. The fourth-order valence-electron chi connectivity index (χ4n) is 2.69. The van der Waals surface area contributed by atoms with Crippen LogP contribution in [0.4, 0.5) is 0 Å². The number of nitrogens with one attached hydrogen (secondary N) is 2. The van der Waals surface area contributed by atoms with Crippen LogP contribution in [0.15, 0.2) is 18.2 Å². The number of hydrogen-bond donors (Lipinski definition) is 2. The van der Waals surface area contributed by atoms with Gasteiger partial charge in [0, 0.05) is 24.7 Å². The van der Waals surface area contributed by atoms with Crippen molar-refractivity contribution in [2.24, 2.45) is 0 Å². The van der Waals surface area contributed by atoms with Gasteiger partial charge < -0.3 is 10.6 Å². The molecule has 0 saturated carbocycles. The molecule has 0 bridgehead atoms. The first kappa shape index (κ1) is 15.0. The summed E-state index contributed by atoms with van der Waals surface area (Å²) in [5.41, 5.74) is 3.36. The molecule has 0 saturated heterocycles. The quantitative estimate of drug-likeness (QED) is 0.748. The maximum absolute atomic E-state index is 12.2. The van der Waals surface area contributed by atoms with Crippen molar-refractivity contribution in [3.05, 3.63) is 34.9 Å². The highest BCUT2D eigenvalue weighted by Crippen LogP contribution is 2.17. The van der Waals surface area contributed by atoms with Crippen molar-refractivity contribution < 1.29 is 4.79 Å². The minimum absolute atomic E-state index is 0.0580. The number of hydrogen-bond acceptors (Lipinski definition) is 2. The van der Waals surface area contributed by atoms with Crippen LogP contribution < -0.4 is 10.6 Å². The maximum Gasteiger partial charge on any atom is 0.251 e. The highest BCUT2D eigenvalue weighted by atomic mass is 16.1. The topological polar surface area (TPSA) is 41.1 Å². The lowest BCUT2D eigenvalue weighted by Crippen LogP contribution is -2.32. The number of benzene rings is 1. The van der Waals surface area contributed by atoms with Gasteiger partial charge in [-0.25, -0.2) is 0 Å². The summed E-state index contributed by atoms with van der Waals surface area (Å²) in [6.07, 6.45) is 6.07. The Balaban J connectivity index is 1.82. The summed E-state index contributed by atoms with van der Waals surface area (Å²) < 4.78 is 0. The average Bonchev–Trinajstić information content (AvgIpc) is 2.90. The maximum atomic E-state index is 12.2. The van der Waals surface area contributed by atoms with E-state index in [1.807, 2.05) is 12.1 Å². The van der Waals surface area contributed by atoms with Crippen LogP contribution in [0.25, 0.3) is 0 Å². The molecular weight excluding hydrogens is 248 g/mol. The van der Waals surface area contributed by atoms with Gasteiger partial charge in [-0.3, -0.25) is 4.79 Å². The van der Waals surface area contributed by atoms with Gasteiger partial charge in [-0.2, -0.15) is 0 Å². The third kappa shape index (κ3) is 4.07. The van der Waals surface area contributed by atoms with E-state index in [0.29, 0.717) is 0 Å². The summed E-state index contributed by atoms with van der Waals surface area (Å²) in [6, 6.07) is 6.28. The smallest absolute Gasteiger partial charge is 0.251 e. The zero-order valence-electron chi connectivity index (χ0n) is 12.7. The van der Waals surface area contributed by atoms with Crippen LogP contribution in [0.1, 0.15) is 67.4 Å². The van der Waals surface area contributed by atoms with Crippen molar-refractivity contribution in [1.29, 1.82) is 0 Å². The third-order valence-corrected chi connectivity index (χ3v) is 3.97. The van der Waals surface area contributed by atoms with Gasteiger partial charge in [0.2, 0.25) is 0 Å². The predicted molar refractivity (Wildman–Crippen MR) is 82.7 cm³/mol. The molecule has 3 heteroatoms. The lowest BCUT2D eigenvalue weighted by Gasteiger charge is -2.14. The van der Waals surface area contributed by atoms with Crippen LogP contribution in [0.5, 0.6) is 0 Å². The zero-order chi connectivity index (χ0) is 14.4. The van der Waals surface area contributed by atoms with Crippen molar-refractivity contribution in [2.45, 2.75) is 65.1 Å². The Kier molecular flexibility index (Phi) is 5.60. The summed E-state index contributed by atoms with van der Waals surface area (Å²) >= 11 is 0. The largest absolute Gasteiger partial charge is 0.350 e. The molecule has 1 atom stereocenters. The Hall–Kier alpha value is -1.35. The highest BCUT2D eigenvalue weighted by Gasteiger charge is 2.14. The molecule has 1 aliphatic heterocycles. The van der Waals surface area contributed by atoms with Gasteiger partial charge in [0.1, 0.15) is 0 Å². The van der Waals surface area contributed by atoms with Crippen LogP contribution in [-0.4, -0.2) is 11.9 Å². The zero-order valence-corrected chi connectivity index (χ0v) is 12.7. The molecule has 1 aromatic carbocycles. The first-order valence-electron chi connectivity index (χ1n) is 7.84. The minimum Gasteiger partial charge on any atom is -0.350 e.